The van der Waals surface area contributed by atoms with Gasteiger partial charge in [-0.1, -0.05) is 310 Å². The Morgan fingerprint density at radius 3 is 0.725 bits per heavy atom. The van der Waals surface area contributed by atoms with Crippen molar-refractivity contribution in [2.75, 3.05) is 0 Å². The maximum Gasteiger partial charge on any atom is 0.118 e. The topological polar surface area (TPSA) is 51.6 Å². The van der Waals surface area contributed by atoms with Gasteiger partial charge in [0, 0.05) is 29.1 Å². The van der Waals surface area contributed by atoms with Gasteiger partial charge in [0.25, 0.3) is 0 Å². The summed E-state index contributed by atoms with van der Waals surface area (Å²) < 4.78 is 23.2. The molecule has 2 aliphatic carbocycles. The van der Waals surface area contributed by atoms with Crippen LogP contribution >= 0.6 is 68.6 Å². The van der Waals surface area contributed by atoms with Crippen molar-refractivity contribution in [1.29, 1.82) is 0 Å². The second-order valence-corrected chi connectivity index (χ2v) is 29.1. The highest BCUT2D eigenvalue weighted by Crippen LogP contribution is 2.63. The first-order valence-electron chi connectivity index (χ1n) is 34.6. The van der Waals surface area contributed by atoms with E-state index < -0.39 is 0 Å². The van der Waals surface area contributed by atoms with Crippen LogP contribution in [0, 0.1) is 7.14 Å². The smallest absolute Gasteiger partial charge is 0.118 e. The van der Waals surface area contributed by atoms with Gasteiger partial charge < -0.3 is 0 Å². The summed E-state index contributed by atoms with van der Waals surface area (Å²) in [6.07, 6.45) is 65.6. The van der Waals surface area contributed by atoms with Crippen molar-refractivity contribution in [2.24, 2.45) is 0 Å². The zero-order chi connectivity index (χ0) is 56.1. The van der Waals surface area contributed by atoms with Gasteiger partial charge in [0.2, 0.25) is 0 Å². The Labute approximate surface area is 526 Å². The van der Waals surface area contributed by atoms with Crippen LogP contribution in [0.4, 0.5) is 0 Å². The molecule has 4 nitrogen and oxygen atoms in total. The number of aromatic nitrogens is 4. The zero-order valence-corrected chi connectivity index (χ0v) is 57.6. The Morgan fingerprint density at radius 1 is 0.275 bits per heavy atom. The third-order valence-corrected chi connectivity index (χ3v) is 22.3. The average molecular weight is 1350 g/mol. The lowest BCUT2D eigenvalue weighted by atomic mass is 9.68. The van der Waals surface area contributed by atoms with E-state index in [4.69, 9.17) is 17.5 Å². The minimum atomic E-state index is -0.0456. The van der Waals surface area contributed by atoms with Crippen LogP contribution in [0.25, 0.3) is 44.3 Å². The highest BCUT2D eigenvalue weighted by molar-refractivity contribution is 14.1. The molecule has 0 saturated carbocycles. The van der Waals surface area contributed by atoms with E-state index in [-0.39, 0.29) is 10.8 Å². The lowest BCUT2D eigenvalue weighted by Gasteiger charge is -2.35. The van der Waals surface area contributed by atoms with Crippen molar-refractivity contribution in [2.45, 2.75) is 347 Å². The first kappa shape index (κ1) is 66.3. The Kier molecular flexibility index (Phi) is 30.9. The Bertz CT molecular complexity index is 2280. The molecule has 2 heterocycles. The number of halogens is 2. The summed E-state index contributed by atoms with van der Waals surface area (Å²) in [5, 5.41) is 0. The summed E-state index contributed by atoms with van der Waals surface area (Å²) in [6.45, 7) is 9.33. The third-order valence-electron chi connectivity index (χ3n) is 19.6. The van der Waals surface area contributed by atoms with E-state index >= 15 is 0 Å². The molecule has 0 radical (unpaired) electrons. The summed E-state index contributed by atoms with van der Waals surface area (Å²) in [7, 11) is 0. The van der Waals surface area contributed by atoms with Gasteiger partial charge in [-0.05, 0) is 129 Å². The molecule has 5 aromatic rings. The standard InChI is InChI=1S/C72H112I2N4S2/c1-5-9-13-17-21-25-29-33-37-41-45-49-71(50-46-42-38-34-30-26-22-18-14-10-6-2)59-53-58-60(54-57(59)65-61(71)55-63(73)67-69(65)77-79-75-67)72(51-47-43-39-35-31-27-23-19-15-11-7-3,52-48-44-40-36-32-28-24-20-16-12-8-4)62-56-64(74)68-70(66(58)62)78-80-76-68/h53-56H,5-52H2,1-4H3. The first-order valence-corrected chi connectivity index (χ1v) is 38.2. The zero-order valence-electron chi connectivity index (χ0n) is 51.6. The van der Waals surface area contributed by atoms with Gasteiger partial charge in [-0.3, -0.25) is 0 Å². The quantitative estimate of drug-likeness (QED) is 0.0288. The highest BCUT2D eigenvalue weighted by Gasteiger charge is 2.49. The van der Waals surface area contributed by atoms with Crippen LogP contribution in [0.15, 0.2) is 24.3 Å². The summed E-state index contributed by atoms with van der Waals surface area (Å²) in [5.41, 5.74) is 16.7. The minimum absolute atomic E-state index is 0.0456. The normalized spacial score (nSPS) is 14.0. The summed E-state index contributed by atoms with van der Waals surface area (Å²) >= 11 is 8.10. The van der Waals surface area contributed by atoms with E-state index in [1.165, 1.54) is 361 Å². The molecule has 0 N–H and O–H groups in total. The predicted octanol–water partition coefficient (Wildman–Crippen LogP) is 26.2. The molecule has 8 heteroatoms. The van der Waals surface area contributed by atoms with E-state index in [2.05, 4.69) is 97.1 Å². The van der Waals surface area contributed by atoms with Gasteiger partial charge in [-0.2, -0.15) is 17.5 Å². The number of benzene rings is 3. The van der Waals surface area contributed by atoms with Crippen LogP contribution in [0.3, 0.4) is 0 Å². The molecule has 0 amide bonds. The molecular formula is C72H112I2N4S2. The number of hydrogen-bond donors (Lipinski definition) is 0. The molecule has 0 saturated heterocycles. The summed E-state index contributed by atoms with van der Waals surface area (Å²) in [4.78, 5) is 0. The lowest BCUT2D eigenvalue weighted by molar-refractivity contribution is 0.393. The molecule has 0 fully saturated rings. The molecule has 0 unspecified atom stereocenters. The largest absolute Gasteiger partial charge is 0.172 e. The maximum atomic E-state index is 5.28. The molecular weight excluding hydrogens is 1240 g/mol. The van der Waals surface area contributed by atoms with Crippen molar-refractivity contribution >= 4 is 90.7 Å². The van der Waals surface area contributed by atoms with Crippen molar-refractivity contribution in [1.82, 2.24) is 17.5 Å². The predicted molar refractivity (Wildman–Crippen MR) is 371 cm³/mol. The van der Waals surface area contributed by atoms with Crippen LogP contribution in [0.1, 0.15) is 358 Å². The second kappa shape index (κ2) is 37.3. The van der Waals surface area contributed by atoms with Gasteiger partial charge in [0.1, 0.15) is 22.1 Å². The van der Waals surface area contributed by atoms with Crippen LogP contribution < -0.4 is 0 Å². The molecule has 80 heavy (non-hydrogen) atoms. The van der Waals surface area contributed by atoms with Crippen molar-refractivity contribution in [3.63, 3.8) is 0 Å². The van der Waals surface area contributed by atoms with E-state index in [1.807, 2.05) is 0 Å². The monoisotopic (exact) mass is 1350 g/mol. The minimum Gasteiger partial charge on any atom is -0.172 e. The SMILES string of the molecule is CCCCCCCCCCCCCC1(CCCCCCCCCCCCC)c2cc3c(cc2-c2c1cc(I)c1nsnc21)C(CCCCCCCCCCCCC)(CCCCCCCCCCCCC)c1cc(I)c2nsnc2c1-3. The van der Waals surface area contributed by atoms with E-state index in [9.17, 15) is 0 Å². The number of unbranched alkanes of at least 4 members (excludes halogenated alkanes) is 40. The Hall–Kier alpha value is -1.24. The fourth-order valence-corrected chi connectivity index (χ4v) is 17.7. The number of nitrogens with zero attached hydrogens (tertiary/aromatic N) is 4. The van der Waals surface area contributed by atoms with Crippen LogP contribution in [0.5, 0.6) is 0 Å². The summed E-state index contributed by atoms with van der Waals surface area (Å²) in [6, 6.07) is 10.9. The van der Waals surface area contributed by atoms with Gasteiger partial charge in [0.15, 0.2) is 0 Å². The van der Waals surface area contributed by atoms with Gasteiger partial charge in [0.05, 0.1) is 23.5 Å². The molecule has 0 atom stereocenters. The third kappa shape index (κ3) is 18.4. The molecule has 7 rings (SSSR count). The van der Waals surface area contributed by atoms with Crippen molar-refractivity contribution in [3.05, 3.63) is 53.7 Å². The van der Waals surface area contributed by atoms with Crippen LogP contribution in [-0.2, 0) is 10.8 Å². The molecule has 2 aromatic heterocycles. The van der Waals surface area contributed by atoms with E-state index in [1.54, 1.807) is 22.3 Å². The highest BCUT2D eigenvalue weighted by atomic mass is 127. The molecule has 2 aliphatic rings. The van der Waals surface area contributed by atoms with Gasteiger partial charge in [-0.15, -0.1) is 0 Å². The van der Waals surface area contributed by atoms with Gasteiger partial charge >= 0.3 is 0 Å². The Morgan fingerprint density at radius 2 is 0.487 bits per heavy atom. The van der Waals surface area contributed by atoms with Gasteiger partial charge in [-0.25, -0.2) is 0 Å². The number of rotatable bonds is 48. The van der Waals surface area contributed by atoms with Crippen LogP contribution in [0.2, 0.25) is 0 Å². The molecule has 0 spiro atoms. The van der Waals surface area contributed by atoms with E-state index in [0.717, 1.165) is 22.1 Å². The van der Waals surface area contributed by atoms with Crippen molar-refractivity contribution < 1.29 is 0 Å². The first-order chi connectivity index (χ1) is 39.5. The van der Waals surface area contributed by atoms with E-state index in [0.29, 0.717) is 0 Å². The lowest BCUT2D eigenvalue weighted by Crippen LogP contribution is -2.27. The molecule has 3 aromatic carbocycles. The fourth-order valence-electron chi connectivity index (χ4n) is 14.9. The van der Waals surface area contributed by atoms with Crippen molar-refractivity contribution in [3.8, 4) is 22.3 Å². The average Bonchev–Trinajstić information content (AvgIpc) is 3.80. The maximum absolute atomic E-state index is 5.28. The fraction of sp³-hybridized carbons (Fsp3) is 0.750. The summed E-state index contributed by atoms with van der Waals surface area (Å²) in [5.74, 6) is 0. The van der Waals surface area contributed by atoms with Crippen LogP contribution in [-0.4, -0.2) is 17.5 Å². The number of hydrogen-bond acceptors (Lipinski definition) is 6. The molecule has 0 aliphatic heterocycles. The Balaban J connectivity index is 1.22. The number of fused-ring (bicyclic) bond motifs is 10. The molecule has 0 bridgehead atoms. The molecule has 446 valence electrons. The second-order valence-electron chi connectivity index (χ2n) is 25.7.